The Labute approximate surface area is 88.9 Å². The van der Waals surface area contributed by atoms with E-state index in [1.165, 1.54) is 0 Å². The standard InChI is InChI=1S/C11H10Cl2/c1-9-5-6-11(13)8-10(9)4-2-3-7-12/h5-6,8H,3,7H2,1H3. The summed E-state index contributed by atoms with van der Waals surface area (Å²) in [6, 6.07) is 5.70. The zero-order valence-corrected chi connectivity index (χ0v) is 8.91. The van der Waals surface area contributed by atoms with Gasteiger partial charge in [-0.2, -0.15) is 0 Å². The molecule has 0 nitrogen and oxygen atoms in total. The molecule has 1 rings (SSSR count). The van der Waals surface area contributed by atoms with Crippen LogP contribution in [0.5, 0.6) is 0 Å². The maximum atomic E-state index is 5.84. The van der Waals surface area contributed by atoms with E-state index in [0.29, 0.717) is 12.3 Å². The van der Waals surface area contributed by atoms with Crippen molar-refractivity contribution in [3.63, 3.8) is 0 Å². The number of hydrogen-bond donors (Lipinski definition) is 0. The van der Waals surface area contributed by atoms with E-state index in [1.54, 1.807) is 0 Å². The lowest BCUT2D eigenvalue weighted by atomic mass is 10.1. The first kappa shape index (κ1) is 10.4. The number of aryl methyl sites for hydroxylation is 1. The second kappa shape index (κ2) is 5.17. The van der Waals surface area contributed by atoms with Gasteiger partial charge in [-0.3, -0.25) is 0 Å². The molecule has 0 spiro atoms. The van der Waals surface area contributed by atoms with E-state index in [0.717, 1.165) is 16.1 Å². The molecule has 1 aromatic carbocycles. The van der Waals surface area contributed by atoms with Crippen LogP contribution < -0.4 is 0 Å². The third kappa shape index (κ3) is 3.30. The SMILES string of the molecule is Cc1ccc(Cl)cc1C#CCCCl. The zero-order chi connectivity index (χ0) is 9.68. The lowest BCUT2D eigenvalue weighted by Crippen LogP contribution is -1.81. The molecule has 0 heterocycles. The summed E-state index contributed by atoms with van der Waals surface area (Å²) in [5.74, 6) is 6.59. The fourth-order valence-corrected chi connectivity index (χ4v) is 1.20. The van der Waals surface area contributed by atoms with Crippen molar-refractivity contribution < 1.29 is 0 Å². The van der Waals surface area contributed by atoms with Gasteiger partial charge in [0.2, 0.25) is 0 Å². The summed E-state index contributed by atoms with van der Waals surface area (Å²) in [5.41, 5.74) is 2.13. The number of alkyl halides is 1. The number of rotatable bonds is 1. The average molecular weight is 213 g/mol. The third-order valence-corrected chi connectivity index (χ3v) is 2.07. The molecule has 0 aliphatic carbocycles. The van der Waals surface area contributed by atoms with Gasteiger partial charge in [0.25, 0.3) is 0 Å². The van der Waals surface area contributed by atoms with Crippen LogP contribution in [-0.2, 0) is 0 Å². The van der Waals surface area contributed by atoms with Gasteiger partial charge in [0.15, 0.2) is 0 Å². The Hall–Kier alpha value is -0.640. The summed E-state index contributed by atoms with van der Waals surface area (Å²) < 4.78 is 0. The van der Waals surface area contributed by atoms with E-state index >= 15 is 0 Å². The minimum atomic E-state index is 0.576. The van der Waals surface area contributed by atoms with Gasteiger partial charge in [0.05, 0.1) is 0 Å². The van der Waals surface area contributed by atoms with Gasteiger partial charge in [-0.1, -0.05) is 29.5 Å². The number of halogens is 2. The molecule has 0 atom stereocenters. The van der Waals surface area contributed by atoms with Gasteiger partial charge in [-0.15, -0.1) is 11.6 Å². The van der Waals surface area contributed by atoms with Crippen LogP contribution in [-0.4, -0.2) is 5.88 Å². The summed E-state index contributed by atoms with van der Waals surface area (Å²) >= 11 is 11.3. The Morgan fingerprint density at radius 1 is 1.38 bits per heavy atom. The van der Waals surface area contributed by atoms with Gasteiger partial charge in [0.1, 0.15) is 0 Å². The van der Waals surface area contributed by atoms with E-state index in [4.69, 9.17) is 23.2 Å². The van der Waals surface area contributed by atoms with Crippen molar-refractivity contribution >= 4 is 23.2 Å². The Morgan fingerprint density at radius 2 is 2.15 bits per heavy atom. The maximum absolute atomic E-state index is 5.84. The first-order valence-corrected chi connectivity index (χ1v) is 4.96. The second-order valence-electron chi connectivity index (χ2n) is 2.70. The molecular formula is C11H10Cl2. The minimum Gasteiger partial charge on any atom is -0.126 e. The predicted octanol–water partition coefficient (Wildman–Crippen LogP) is 3.63. The van der Waals surface area contributed by atoms with Gasteiger partial charge < -0.3 is 0 Å². The van der Waals surface area contributed by atoms with Crippen LogP contribution >= 0.6 is 23.2 Å². The molecule has 2 heteroatoms. The van der Waals surface area contributed by atoms with Crippen LogP contribution in [0.15, 0.2) is 18.2 Å². The highest BCUT2D eigenvalue weighted by molar-refractivity contribution is 6.30. The molecule has 68 valence electrons. The molecule has 13 heavy (non-hydrogen) atoms. The van der Waals surface area contributed by atoms with Crippen LogP contribution in [0.1, 0.15) is 17.5 Å². The number of hydrogen-bond acceptors (Lipinski definition) is 0. The smallest absolute Gasteiger partial charge is 0.0418 e. The highest BCUT2D eigenvalue weighted by Gasteiger charge is 1.94. The van der Waals surface area contributed by atoms with Crippen LogP contribution in [0, 0.1) is 18.8 Å². The summed E-state index contributed by atoms with van der Waals surface area (Å²) in [4.78, 5) is 0. The molecule has 0 aliphatic heterocycles. The first-order valence-electron chi connectivity index (χ1n) is 4.05. The van der Waals surface area contributed by atoms with E-state index in [2.05, 4.69) is 11.8 Å². The Bertz CT molecular complexity index is 345. The normalized spacial score (nSPS) is 9.15. The topological polar surface area (TPSA) is 0 Å². The van der Waals surface area contributed by atoms with Crippen molar-refractivity contribution in [2.24, 2.45) is 0 Å². The van der Waals surface area contributed by atoms with Crippen molar-refractivity contribution in [3.05, 3.63) is 34.3 Å². The zero-order valence-electron chi connectivity index (χ0n) is 7.40. The quantitative estimate of drug-likeness (QED) is 0.493. The molecule has 0 saturated heterocycles. The van der Waals surface area contributed by atoms with E-state index in [9.17, 15) is 0 Å². The lowest BCUT2D eigenvalue weighted by Gasteiger charge is -1.97. The van der Waals surface area contributed by atoms with Gasteiger partial charge in [-0.25, -0.2) is 0 Å². The molecule has 0 aliphatic rings. The van der Waals surface area contributed by atoms with Crippen molar-refractivity contribution in [1.29, 1.82) is 0 Å². The van der Waals surface area contributed by atoms with Crippen LogP contribution in [0.2, 0.25) is 5.02 Å². The summed E-state index contributed by atoms with van der Waals surface area (Å²) in [6.45, 7) is 2.01. The predicted molar refractivity (Wildman–Crippen MR) is 58.4 cm³/mol. The second-order valence-corrected chi connectivity index (χ2v) is 3.51. The Kier molecular flexibility index (Phi) is 4.15. The molecule has 0 fully saturated rings. The summed E-state index contributed by atoms with van der Waals surface area (Å²) in [7, 11) is 0. The van der Waals surface area contributed by atoms with Crippen LogP contribution in [0.4, 0.5) is 0 Å². The van der Waals surface area contributed by atoms with Crippen molar-refractivity contribution in [3.8, 4) is 11.8 Å². The van der Waals surface area contributed by atoms with Gasteiger partial charge >= 0.3 is 0 Å². The van der Waals surface area contributed by atoms with E-state index < -0.39 is 0 Å². The van der Waals surface area contributed by atoms with Gasteiger partial charge in [-0.05, 0) is 24.6 Å². The number of benzene rings is 1. The largest absolute Gasteiger partial charge is 0.126 e. The molecule has 0 bridgehead atoms. The molecule has 0 unspecified atom stereocenters. The summed E-state index contributed by atoms with van der Waals surface area (Å²) in [6.07, 6.45) is 0.716. The highest BCUT2D eigenvalue weighted by atomic mass is 35.5. The first-order chi connectivity index (χ1) is 6.24. The molecule has 0 N–H and O–H groups in total. The van der Waals surface area contributed by atoms with Gasteiger partial charge in [0, 0.05) is 22.9 Å². The molecule has 0 amide bonds. The van der Waals surface area contributed by atoms with E-state index in [-0.39, 0.29) is 0 Å². The van der Waals surface area contributed by atoms with Crippen LogP contribution in [0.25, 0.3) is 0 Å². The summed E-state index contributed by atoms with van der Waals surface area (Å²) in [5, 5.41) is 0.723. The molecule has 0 radical (unpaired) electrons. The average Bonchev–Trinajstić information content (AvgIpc) is 2.11. The van der Waals surface area contributed by atoms with Crippen molar-refractivity contribution in [2.45, 2.75) is 13.3 Å². The fraction of sp³-hybridized carbons (Fsp3) is 0.273. The molecular weight excluding hydrogens is 203 g/mol. The molecule has 0 saturated carbocycles. The monoisotopic (exact) mass is 212 g/mol. The van der Waals surface area contributed by atoms with Crippen molar-refractivity contribution in [1.82, 2.24) is 0 Å². The maximum Gasteiger partial charge on any atom is 0.0418 e. The third-order valence-electron chi connectivity index (χ3n) is 1.64. The fourth-order valence-electron chi connectivity index (χ4n) is 0.934. The highest BCUT2D eigenvalue weighted by Crippen LogP contribution is 2.14. The van der Waals surface area contributed by atoms with Crippen LogP contribution in [0.3, 0.4) is 0 Å². The lowest BCUT2D eigenvalue weighted by molar-refractivity contribution is 1.29. The van der Waals surface area contributed by atoms with E-state index in [1.807, 2.05) is 25.1 Å². The Balaban J connectivity index is 2.89. The molecule has 0 aromatic heterocycles. The Morgan fingerprint density at radius 3 is 2.85 bits per heavy atom. The molecule has 1 aromatic rings. The van der Waals surface area contributed by atoms with Crippen molar-refractivity contribution in [2.75, 3.05) is 5.88 Å². The minimum absolute atomic E-state index is 0.576.